The fourth-order valence-electron chi connectivity index (χ4n) is 3.91. The van der Waals surface area contributed by atoms with Gasteiger partial charge in [0.15, 0.2) is 9.84 Å². The lowest BCUT2D eigenvalue weighted by Gasteiger charge is -2.35. The summed E-state index contributed by atoms with van der Waals surface area (Å²) in [6.45, 7) is 1.91. The Morgan fingerprint density at radius 1 is 1.09 bits per heavy atom. The van der Waals surface area contributed by atoms with Gasteiger partial charge in [-0.2, -0.15) is 0 Å². The predicted molar refractivity (Wildman–Crippen MR) is 86.3 cm³/mol. The number of likely N-dealkylation sites (tertiary alicyclic amines) is 1. The van der Waals surface area contributed by atoms with Gasteiger partial charge >= 0.3 is 0 Å². The first-order chi connectivity index (χ1) is 10.6. The molecule has 2 aliphatic heterocycles. The molecule has 1 amide bonds. The van der Waals surface area contributed by atoms with Crippen LogP contribution < -0.4 is 5.32 Å². The van der Waals surface area contributed by atoms with Crippen molar-refractivity contribution >= 4 is 15.7 Å². The normalized spacial score (nSPS) is 35.4. The third-order valence-corrected chi connectivity index (χ3v) is 6.87. The molecule has 0 unspecified atom stereocenters. The molecule has 0 aromatic heterocycles. The van der Waals surface area contributed by atoms with Gasteiger partial charge in [0, 0.05) is 12.0 Å². The molecule has 124 valence electrons. The Labute approximate surface area is 133 Å². The van der Waals surface area contributed by atoms with Crippen molar-refractivity contribution in [3.8, 4) is 0 Å². The van der Waals surface area contributed by atoms with E-state index in [1.54, 1.807) is 0 Å². The van der Waals surface area contributed by atoms with Gasteiger partial charge < -0.3 is 5.32 Å². The Balaban J connectivity index is 1.66. The molecular weight excluding hydrogens is 300 g/mol. The largest absolute Gasteiger partial charge is 0.350 e. The van der Waals surface area contributed by atoms with Crippen LogP contribution in [-0.4, -0.2) is 55.9 Å². The van der Waals surface area contributed by atoms with Crippen LogP contribution in [0.3, 0.4) is 0 Å². The maximum Gasteiger partial charge on any atom is 0.223 e. The monoisotopic (exact) mass is 326 g/mol. The van der Waals surface area contributed by atoms with E-state index in [1.165, 1.54) is 6.42 Å². The van der Waals surface area contributed by atoms with Crippen molar-refractivity contribution in [2.24, 2.45) is 5.92 Å². The number of rotatable bonds is 3. The fourth-order valence-corrected chi connectivity index (χ4v) is 5.86. The maximum absolute atomic E-state index is 12.4. The van der Waals surface area contributed by atoms with Crippen LogP contribution in [-0.2, 0) is 14.6 Å². The number of nitrogens with one attached hydrogen (secondary N) is 1. The number of hydrogen-bond donors (Lipinski definition) is 1. The highest BCUT2D eigenvalue weighted by Crippen LogP contribution is 2.24. The van der Waals surface area contributed by atoms with Gasteiger partial charge in [-0.1, -0.05) is 18.6 Å². The van der Waals surface area contributed by atoms with E-state index in [4.69, 9.17) is 0 Å². The van der Waals surface area contributed by atoms with Gasteiger partial charge in [0.1, 0.15) is 0 Å². The first kappa shape index (κ1) is 16.0. The van der Waals surface area contributed by atoms with Crippen molar-refractivity contribution in [3.05, 3.63) is 12.2 Å². The van der Waals surface area contributed by atoms with E-state index in [-0.39, 0.29) is 35.4 Å². The molecule has 2 fully saturated rings. The summed E-state index contributed by atoms with van der Waals surface area (Å²) in [5.74, 6) is 0.342. The second kappa shape index (κ2) is 6.71. The lowest BCUT2D eigenvalue weighted by molar-refractivity contribution is -0.126. The van der Waals surface area contributed by atoms with Crippen LogP contribution in [0.15, 0.2) is 12.2 Å². The lowest BCUT2D eigenvalue weighted by atomic mass is 9.93. The van der Waals surface area contributed by atoms with E-state index in [9.17, 15) is 13.2 Å². The van der Waals surface area contributed by atoms with Gasteiger partial charge in [-0.15, -0.1) is 0 Å². The molecule has 0 spiro atoms. The summed E-state index contributed by atoms with van der Waals surface area (Å²) >= 11 is 0. The summed E-state index contributed by atoms with van der Waals surface area (Å²) in [5.41, 5.74) is 0. The molecule has 1 N–H and O–H groups in total. The third-order valence-electron chi connectivity index (χ3n) is 5.15. The summed E-state index contributed by atoms with van der Waals surface area (Å²) in [5, 5.41) is 3.06. The molecule has 2 heterocycles. The second-order valence-electron chi connectivity index (χ2n) is 6.84. The molecule has 6 heteroatoms. The highest BCUT2D eigenvalue weighted by Gasteiger charge is 2.42. The number of piperidine rings is 1. The molecule has 0 aromatic rings. The van der Waals surface area contributed by atoms with Gasteiger partial charge in [0.05, 0.1) is 17.5 Å². The molecule has 0 saturated carbocycles. The summed E-state index contributed by atoms with van der Waals surface area (Å²) < 4.78 is 24.1. The standard InChI is InChI=1S/C16H26N2O3S/c19-16(13-7-3-1-4-8-13)17-14-11-22(20,21)12-15(14)18-9-5-2-6-10-18/h1,3,13-15H,2,4-12H2,(H,17,19)/t13-,14+,15-/m0/s1. The van der Waals surface area contributed by atoms with Crippen LogP contribution in [0.5, 0.6) is 0 Å². The molecule has 2 saturated heterocycles. The average Bonchev–Trinajstić information content (AvgIpc) is 2.83. The van der Waals surface area contributed by atoms with Crippen molar-refractivity contribution in [1.29, 1.82) is 0 Å². The molecule has 0 bridgehead atoms. The van der Waals surface area contributed by atoms with E-state index in [0.29, 0.717) is 0 Å². The van der Waals surface area contributed by atoms with Crippen LogP contribution >= 0.6 is 0 Å². The number of carbonyl (C=O) groups is 1. The summed E-state index contributed by atoms with van der Waals surface area (Å²) in [6, 6.07) is -0.269. The van der Waals surface area contributed by atoms with Crippen LogP contribution in [0.4, 0.5) is 0 Å². The van der Waals surface area contributed by atoms with Gasteiger partial charge in [0.2, 0.25) is 5.91 Å². The number of carbonyl (C=O) groups excluding carboxylic acids is 1. The van der Waals surface area contributed by atoms with E-state index in [1.807, 2.05) is 0 Å². The number of amides is 1. The first-order valence-electron chi connectivity index (χ1n) is 8.45. The summed E-state index contributed by atoms with van der Waals surface area (Å²) in [7, 11) is -3.04. The number of nitrogens with zero attached hydrogens (tertiary/aromatic N) is 1. The van der Waals surface area contributed by atoms with Gasteiger partial charge in [-0.25, -0.2) is 8.42 Å². The van der Waals surface area contributed by atoms with Crippen LogP contribution in [0.1, 0.15) is 38.5 Å². The van der Waals surface area contributed by atoms with E-state index in [2.05, 4.69) is 22.4 Å². The van der Waals surface area contributed by atoms with E-state index in [0.717, 1.165) is 45.2 Å². The van der Waals surface area contributed by atoms with Crippen LogP contribution in [0, 0.1) is 5.92 Å². The molecule has 22 heavy (non-hydrogen) atoms. The molecule has 3 atom stereocenters. The Morgan fingerprint density at radius 2 is 1.86 bits per heavy atom. The first-order valence-corrected chi connectivity index (χ1v) is 10.3. The topological polar surface area (TPSA) is 66.5 Å². The fraction of sp³-hybridized carbons (Fsp3) is 0.812. The molecule has 3 rings (SSSR count). The van der Waals surface area contributed by atoms with Crippen molar-refractivity contribution in [2.45, 2.75) is 50.6 Å². The lowest BCUT2D eigenvalue weighted by Crippen LogP contribution is -2.53. The minimum absolute atomic E-state index is 0.00955. The van der Waals surface area contributed by atoms with E-state index < -0.39 is 9.84 Å². The van der Waals surface area contributed by atoms with Crippen LogP contribution in [0.25, 0.3) is 0 Å². The summed E-state index contributed by atoms with van der Waals surface area (Å²) in [4.78, 5) is 14.7. The van der Waals surface area contributed by atoms with Crippen molar-refractivity contribution in [1.82, 2.24) is 10.2 Å². The zero-order valence-corrected chi connectivity index (χ0v) is 13.9. The number of hydrogen-bond acceptors (Lipinski definition) is 4. The molecule has 3 aliphatic rings. The Hall–Kier alpha value is -0.880. The SMILES string of the molecule is O=C(N[C@@H]1CS(=O)(=O)C[C@@H]1N1CCCCC1)[C@H]1CC=CCC1. The number of allylic oxidation sites excluding steroid dienone is 2. The summed E-state index contributed by atoms with van der Waals surface area (Å²) in [6.07, 6.45) is 10.2. The van der Waals surface area contributed by atoms with E-state index >= 15 is 0 Å². The molecular formula is C16H26N2O3S. The second-order valence-corrected chi connectivity index (χ2v) is 8.99. The maximum atomic E-state index is 12.4. The molecule has 0 radical (unpaired) electrons. The Kier molecular flexibility index (Phi) is 4.88. The minimum Gasteiger partial charge on any atom is -0.350 e. The zero-order valence-electron chi connectivity index (χ0n) is 13.0. The molecule has 1 aliphatic carbocycles. The Bertz CT molecular complexity index is 538. The predicted octanol–water partition coefficient (Wildman–Crippen LogP) is 1.11. The highest BCUT2D eigenvalue weighted by molar-refractivity contribution is 7.91. The minimum atomic E-state index is -3.04. The molecule has 0 aromatic carbocycles. The smallest absolute Gasteiger partial charge is 0.223 e. The highest BCUT2D eigenvalue weighted by atomic mass is 32.2. The van der Waals surface area contributed by atoms with Crippen molar-refractivity contribution in [3.63, 3.8) is 0 Å². The van der Waals surface area contributed by atoms with Gasteiger partial charge in [-0.3, -0.25) is 9.69 Å². The molecule has 5 nitrogen and oxygen atoms in total. The van der Waals surface area contributed by atoms with Crippen molar-refractivity contribution in [2.75, 3.05) is 24.6 Å². The van der Waals surface area contributed by atoms with Gasteiger partial charge in [-0.05, 0) is 45.2 Å². The Morgan fingerprint density at radius 3 is 2.55 bits per heavy atom. The number of sulfone groups is 1. The average molecular weight is 326 g/mol. The third kappa shape index (κ3) is 3.71. The van der Waals surface area contributed by atoms with Crippen molar-refractivity contribution < 1.29 is 13.2 Å². The zero-order chi connectivity index (χ0) is 15.6. The van der Waals surface area contributed by atoms with Crippen LogP contribution in [0.2, 0.25) is 0 Å². The quantitative estimate of drug-likeness (QED) is 0.789. The van der Waals surface area contributed by atoms with Gasteiger partial charge in [0.25, 0.3) is 0 Å².